The number of hydrogen-bond acceptors (Lipinski definition) is 2. The molecule has 14 heavy (non-hydrogen) atoms. The van der Waals surface area contributed by atoms with Gasteiger partial charge in [-0.25, -0.2) is 0 Å². The molecular weight excluding hydrogens is 176 g/mol. The summed E-state index contributed by atoms with van der Waals surface area (Å²) in [6.07, 6.45) is 3.71. The largest absolute Gasteiger partial charge is 0.342 e. The molecule has 0 aliphatic carbocycles. The van der Waals surface area contributed by atoms with Crippen molar-refractivity contribution >= 4 is 5.91 Å². The van der Waals surface area contributed by atoms with Gasteiger partial charge in [-0.2, -0.15) is 0 Å². The van der Waals surface area contributed by atoms with E-state index in [1.807, 2.05) is 4.90 Å². The quantitative estimate of drug-likeness (QED) is 0.694. The van der Waals surface area contributed by atoms with Crippen molar-refractivity contribution in [2.45, 2.75) is 39.5 Å². The van der Waals surface area contributed by atoms with Gasteiger partial charge in [0.15, 0.2) is 0 Å². The molecule has 1 aliphatic heterocycles. The van der Waals surface area contributed by atoms with Gasteiger partial charge in [-0.3, -0.25) is 4.79 Å². The van der Waals surface area contributed by atoms with Crippen LogP contribution in [-0.4, -0.2) is 30.4 Å². The van der Waals surface area contributed by atoms with Crippen LogP contribution < -0.4 is 5.73 Å². The van der Waals surface area contributed by atoms with Crippen LogP contribution in [0.2, 0.25) is 0 Å². The Labute approximate surface area is 86.6 Å². The first-order valence-electron chi connectivity index (χ1n) is 5.53. The minimum atomic E-state index is 0.309. The highest BCUT2D eigenvalue weighted by Crippen LogP contribution is 2.29. The molecule has 1 amide bonds. The standard InChI is InChI=1S/C11H22N2O/c1-11(2)6-8-13(9-11)10(14)5-3-4-7-12/h3-9,12H2,1-2H3. The molecule has 0 atom stereocenters. The van der Waals surface area contributed by atoms with Gasteiger partial charge < -0.3 is 10.6 Å². The second-order valence-corrected chi connectivity index (χ2v) is 4.98. The van der Waals surface area contributed by atoms with Crippen molar-refractivity contribution in [1.29, 1.82) is 0 Å². The summed E-state index contributed by atoms with van der Waals surface area (Å²) in [5.41, 5.74) is 5.71. The Morgan fingerprint density at radius 2 is 2.14 bits per heavy atom. The van der Waals surface area contributed by atoms with Crippen LogP contribution in [0.15, 0.2) is 0 Å². The van der Waals surface area contributed by atoms with Crippen molar-refractivity contribution in [2.75, 3.05) is 19.6 Å². The van der Waals surface area contributed by atoms with Crippen LogP contribution in [0.5, 0.6) is 0 Å². The minimum absolute atomic E-state index is 0.309. The predicted molar refractivity (Wildman–Crippen MR) is 57.9 cm³/mol. The van der Waals surface area contributed by atoms with Crippen molar-refractivity contribution in [3.8, 4) is 0 Å². The topological polar surface area (TPSA) is 46.3 Å². The lowest BCUT2D eigenvalue weighted by molar-refractivity contribution is -0.130. The van der Waals surface area contributed by atoms with E-state index in [-0.39, 0.29) is 0 Å². The number of hydrogen-bond donors (Lipinski definition) is 1. The Kier molecular flexibility index (Phi) is 3.93. The van der Waals surface area contributed by atoms with E-state index in [1.54, 1.807) is 0 Å². The minimum Gasteiger partial charge on any atom is -0.342 e. The molecule has 1 fully saturated rings. The van der Waals surface area contributed by atoms with Crippen molar-refractivity contribution in [1.82, 2.24) is 4.90 Å². The van der Waals surface area contributed by atoms with Crippen LogP contribution in [-0.2, 0) is 4.79 Å². The van der Waals surface area contributed by atoms with E-state index in [9.17, 15) is 4.79 Å². The fourth-order valence-corrected chi connectivity index (χ4v) is 1.90. The van der Waals surface area contributed by atoms with Gasteiger partial charge in [-0.15, -0.1) is 0 Å². The summed E-state index contributed by atoms with van der Waals surface area (Å²) >= 11 is 0. The third-order valence-corrected chi connectivity index (χ3v) is 2.87. The normalized spacial score (nSPS) is 20.1. The zero-order valence-corrected chi connectivity index (χ0v) is 9.38. The number of nitrogens with zero attached hydrogens (tertiary/aromatic N) is 1. The van der Waals surface area contributed by atoms with Gasteiger partial charge in [0.2, 0.25) is 5.91 Å². The van der Waals surface area contributed by atoms with E-state index in [0.29, 0.717) is 24.3 Å². The van der Waals surface area contributed by atoms with Gasteiger partial charge in [-0.05, 0) is 31.2 Å². The van der Waals surface area contributed by atoms with E-state index in [2.05, 4.69) is 13.8 Å². The molecule has 0 saturated carbocycles. The van der Waals surface area contributed by atoms with Gasteiger partial charge in [0, 0.05) is 19.5 Å². The summed E-state index contributed by atoms with van der Waals surface area (Å²) < 4.78 is 0. The molecule has 3 nitrogen and oxygen atoms in total. The molecule has 1 saturated heterocycles. The molecule has 0 radical (unpaired) electrons. The maximum atomic E-state index is 11.7. The first-order chi connectivity index (χ1) is 6.55. The van der Waals surface area contributed by atoms with Gasteiger partial charge in [0.1, 0.15) is 0 Å². The molecule has 0 unspecified atom stereocenters. The summed E-state index contributed by atoms with van der Waals surface area (Å²) in [5.74, 6) is 0.309. The van der Waals surface area contributed by atoms with Gasteiger partial charge in [0.25, 0.3) is 0 Å². The fraction of sp³-hybridized carbons (Fsp3) is 0.909. The number of nitrogens with two attached hydrogens (primary N) is 1. The van der Waals surface area contributed by atoms with Crippen LogP contribution in [0.4, 0.5) is 0 Å². The van der Waals surface area contributed by atoms with Crippen LogP contribution >= 0.6 is 0 Å². The van der Waals surface area contributed by atoms with E-state index in [1.165, 1.54) is 0 Å². The monoisotopic (exact) mass is 198 g/mol. The summed E-state index contributed by atoms with van der Waals surface area (Å²) in [7, 11) is 0. The predicted octanol–water partition coefficient (Wildman–Crippen LogP) is 1.37. The van der Waals surface area contributed by atoms with Crippen molar-refractivity contribution in [3.05, 3.63) is 0 Å². The highest BCUT2D eigenvalue weighted by Gasteiger charge is 2.31. The van der Waals surface area contributed by atoms with Crippen molar-refractivity contribution in [3.63, 3.8) is 0 Å². The van der Waals surface area contributed by atoms with Gasteiger partial charge in [0.05, 0.1) is 0 Å². The van der Waals surface area contributed by atoms with Crippen LogP contribution in [0.1, 0.15) is 39.5 Å². The number of carbonyl (C=O) groups excluding carboxylic acids is 1. The lowest BCUT2D eigenvalue weighted by Crippen LogP contribution is -2.30. The highest BCUT2D eigenvalue weighted by molar-refractivity contribution is 5.76. The SMILES string of the molecule is CC1(C)CCN(C(=O)CCCCN)C1. The third-order valence-electron chi connectivity index (χ3n) is 2.87. The average Bonchev–Trinajstić information content (AvgIpc) is 2.46. The van der Waals surface area contributed by atoms with Crippen LogP contribution in [0.25, 0.3) is 0 Å². The van der Waals surface area contributed by atoms with Gasteiger partial charge in [-0.1, -0.05) is 13.8 Å². The van der Waals surface area contributed by atoms with Crippen LogP contribution in [0, 0.1) is 5.41 Å². The molecule has 0 bridgehead atoms. The second-order valence-electron chi connectivity index (χ2n) is 4.98. The third kappa shape index (κ3) is 3.29. The molecular formula is C11H22N2O. The van der Waals surface area contributed by atoms with Crippen molar-refractivity contribution < 1.29 is 4.79 Å². The Bertz CT molecular complexity index is 201. The molecule has 3 heteroatoms. The Hall–Kier alpha value is -0.570. The maximum Gasteiger partial charge on any atom is 0.222 e. The Morgan fingerprint density at radius 3 is 2.64 bits per heavy atom. The number of likely N-dealkylation sites (tertiary alicyclic amines) is 1. The number of unbranched alkanes of at least 4 members (excludes halogenated alkanes) is 1. The second kappa shape index (κ2) is 4.78. The first kappa shape index (κ1) is 11.5. The maximum absolute atomic E-state index is 11.7. The zero-order chi connectivity index (χ0) is 10.6. The molecule has 0 aromatic heterocycles. The Balaban J connectivity index is 2.25. The van der Waals surface area contributed by atoms with Crippen molar-refractivity contribution in [2.24, 2.45) is 11.1 Å². The lowest BCUT2D eigenvalue weighted by atomic mass is 9.93. The highest BCUT2D eigenvalue weighted by atomic mass is 16.2. The number of rotatable bonds is 4. The van der Waals surface area contributed by atoms with E-state index in [4.69, 9.17) is 5.73 Å². The Morgan fingerprint density at radius 1 is 1.43 bits per heavy atom. The van der Waals surface area contributed by atoms with E-state index < -0.39 is 0 Å². The van der Waals surface area contributed by atoms with E-state index >= 15 is 0 Å². The molecule has 0 aromatic rings. The summed E-state index contributed by atoms with van der Waals surface area (Å²) in [5, 5.41) is 0. The molecule has 0 spiro atoms. The summed E-state index contributed by atoms with van der Waals surface area (Å²) in [4.78, 5) is 13.7. The molecule has 1 heterocycles. The van der Waals surface area contributed by atoms with Gasteiger partial charge >= 0.3 is 0 Å². The van der Waals surface area contributed by atoms with Crippen LogP contribution in [0.3, 0.4) is 0 Å². The molecule has 1 rings (SSSR count). The average molecular weight is 198 g/mol. The molecule has 2 N–H and O–H groups in total. The number of amides is 1. The molecule has 0 aromatic carbocycles. The first-order valence-corrected chi connectivity index (χ1v) is 5.53. The fourth-order valence-electron chi connectivity index (χ4n) is 1.90. The lowest BCUT2D eigenvalue weighted by Gasteiger charge is -2.19. The summed E-state index contributed by atoms with van der Waals surface area (Å²) in [6.45, 7) is 7.00. The zero-order valence-electron chi connectivity index (χ0n) is 9.38. The summed E-state index contributed by atoms with van der Waals surface area (Å²) in [6, 6.07) is 0. The van der Waals surface area contributed by atoms with E-state index in [0.717, 1.165) is 32.4 Å². The molecule has 1 aliphatic rings. The number of carbonyl (C=O) groups is 1. The molecule has 82 valence electrons. The smallest absolute Gasteiger partial charge is 0.222 e.